The molecule has 1 N–H and O–H groups in total. The van der Waals surface area contributed by atoms with E-state index in [1.54, 1.807) is 32.4 Å². The van der Waals surface area contributed by atoms with Crippen molar-refractivity contribution in [1.82, 2.24) is 5.32 Å². The number of ether oxygens (including phenoxy) is 4. The maximum absolute atomic E-state index is 10.7. The number of aldehydes is 1. The van der Waals surface area contributed by atoms with Gasteiger partial charge in [0, 0.05) is 12.1 Å². The monoisotopic (exact) mass is 455 g/mol. The largest absolute Gasteiger partial charge is 0.493 e. The highest BCUT2D eigenvalue weighted by Crippen LogP contribution is 2.33. The van der Waals surface area contributed by atoms with Crippen LogP contribution in [0.1, 0.15) is 67.3 Å². The molecule has 0 unspecified atom stereocenters. The van der Waals surface area contributed by atoms with Crippen molar-refractivity contribution in [1.29, 1.82) is 0 Å². The molecule has 33 heavy (non-hydrogen) atoms. The third kappa shape index (κ3) is 7.39. The summed E-state index contributed by atoms with van der Waals surface area (Å²) in [7, 11) is 5.24. The Balaban J connectivity index is 0.000000186. The molecule has 0 aromatic heterocycles. The molecule has 2 aromatic rings. The average molecular weight is 456 g/mol. The number of benzene rings is 2. The lowest BCUT2D eigenvalue weighted by atomic mass is 10.2. The van der Waals surface area contributed by atoms with Crippen LogP contribution >= 0.6 is 0 Å². The Bertz CT molecular complexity index is 873. The minimum absolute atomic E-state index is 0.274. The third-order valence-corrected chi connectivity index (χ3v) is 6.12. The van der Waals surface area contributed by atoms with Gasteiger partial charge in [-0.2, -0.15) is 0 Å². The van der Waals surface area contributed by atoms with Gasteiger partial charge in [-0.05, 0) is 94.3 Å². The Morgan fingerprint density at radius 2 is 1.30 bits per heavy atom. The first kappa shape index (κ1) is 24.9. The van der Waals surface area contributed by atoms with E-state index >= 15 is 0 Å². The number of methoxy groups -OCH3 is 2. The Kier molecular flexibility index (Phi) is 9.88. The van der Waals surface area contributed by atoms with Crippen molar-refractivity contribution in [3.63, 3.8) is 0 Å². The molecule has 2 aliphatic rings. The maximum atomic E-state index is 10.7. The zero-order valence-corrected chi connectivity index (χ0v) is 20.1. The Morgan fingerprint density at radius 3 is 1.79 bits per heavy atom. The molecule has 6 heteroatoms. The van der Waals surface area contributed by atoms with Crippen molar-refractivity contribution in [2.45, 2.75) is 70.1 Å². The molecule has 0 amide bonds. The van der Waals surface area contributed by atoms with E-state index in [9.17, 15) is 4.79 Å². The predicted octanol–water partition coefficient (Wildman–Crippen LogP) is 5.57. The van der Waals surface area contributed by atoms with Crippen LogP contribution in [-0.2, 0) is 6.54 Å². The lowest BCUT2D eigenvalue weighted by Gasteiger charge is -2.16. The lowest BCUT2D eigenvalue weighted by molar-refractivity contribution is 0.112. The fraction of sp³-hybridized carbons (Fsp3) is 0.519. The summed E-state index contributed by atoms with van der Waals surface area (Å²) in [5.74, 6) is 3.08. The van der Waals surface area contributed by atoms with Crippen LogP contribution < -0.4 is 24.3 Å². The Morgan fingerprint density at radius 1 is 0.788 bits per heavy atom. The summed E-state index contributed by atoms with van der Waals surface area (Å²) >= 11 is 0. The van der Waals surface area contributed by atoms with Gasteiger partial charge in [-0.25, -0.2) is 0 Å². The minimum atomic E-state index is 0.274. The molecule has 2 fully saturated rings. The average Bonchev–Trinajstić information content (AvgIpc) is 3.54. The van der Waals surface area contributed by atoms with Crippen LogP contribution in [0.4, 0.5) is 0 Å². The van der Waals surface area contributed by atoms with E-state index in [0.29, 0.717) is 23.2 Å². The summed E-state index contributed by atoms with van der Waals surface area (Å²) in [6.45, 7) is 0.852. The SMILES string of the molecule is CNCc1ccc(OC)c(OC2CCCC2)c1.COc1ccc(C=O)cc1OC1CCCC1. The van der Waals surface area contributed by atoms with E-state index in [2.05, 4.69) is 17.4 Å². The van der Waals surface area contributed by atoms with Crippen molar-refractivity contribution in [3.8, 4) is 23.0 Å². The lowest BCUT2D eigenvalue weighted by Crippen LogP contribution is -2.12. The molecule has 0 saturated heterocycles. The number of hydrogen-bond donors (Lipinski definition) is 1. The van der Waals surface area contributed by atoms with Gasteiger partial charge in [0.15, 0.2) is 23.0 Å². The van der Waals surface area contributed by atoms with E-state index in [1.807, 2.05) is 13.1 Å². The van der Waals surface area contributed by atoms with Gasteiger partial charge in [-0.1, -0.05) is 6.07 Å². The first-order chi connectivity index (χ1) is 16.2. The molecular weight excluding hydrogens is 418 g/mol. The minimum Gasteiger partial charge on any atom is -0.493 e. The van der Waals surface area contributed by atoms with Crippen LogP contribution in [0.2, 0.25) is 0 Å². The number of carbonyl (C=O) groups is 1. The summed E-state index contributed by atoms with van der Waals surface area (Å²) in [6.07, 6.45) is 11.0. The van der Waals surface area contributed by atoms with Crippen LogP contribution in [0, 0.1) is 0 Å². The van der Waals surface area contributed by atoms with Crippen LogP contribution in [-0.4, -0.2) is 39.8 Å². The fourth-order valence-electron chi connectivity index (χ4n) is 4.36. The van der Waals surface area contributed by atoms with Crippen LogP contribution in [0.15, 0.2) is 36.4 Å². The quantitative estimate of drug-likeness (QED) is 0.499. The Labute approximate surface area is 197 Å². The van der Waals surface area contributed by atoms with Gasteiger partial charge in [-0.3, -0.25) is 4.79 Å². The van der Waals surface area contributed by atoms with Gasteiger partial charge in [0.25, 0.3) is 0 Å². The standard InChI is InChI=1S/C14H21NO2.C13H16O3/c1-15-10-11-7-8-13(16-2)14(9-11)17-12-5-3-4-6-12;1-15-12-7-6-10(9-14)8-13(12)16-11-4-2-3-5-11/h7-9,12,15H,3-6,10H2,1-2H3;6-9,11H,2-5H2,1H3. The topological polar surface area (TPSA) is 66.0 Å². The van der Waals surface area contributed by atoms with Gasteiger partial charge in [0.1, 0.15) is 6.29 Å². The summed E-state index contributed by atoms with van der Waals surface area (Å²) in [5.41, 5.74) is 1.84. The number of carbonyl (C=O) groups excluding carboxylic acids is 1. The third-order valence-electron chi connectivity index (χ3n) is 6.12. The maximum Gasteiger partial charge on any atom is 0.162 e. The molecule has 0 radical (unpaired) electrons. The normalized spacial score (nSPS) is 16.1. The molecule has 0 aliphatic heterocycles. The second-order valence-corrected chi connectivity index (χ2v) is 8.59. The zero-order chi connectivity index (χ0) is 23.5. The summed E-state index contributed by atoms with van der Waals surface area (Å²) < 4.78 is 22.4. The molecule has 180 valence electrons. The van der Waals surface area contributed by atoms with Crippen molar-refractivity contribution in [3.05, 3.63) is 47.5 Å². The van der Waals surface area contributed by atoms with Crippen LogP contribution in [0.5, 0.6) is 23.0 Å². The molecular formula is C27H37NO5. The molecule has 0 spiro atoms. The molecule has 2 saturated carbocycles. The van der Waals surface area contributed by atoms with Gasteiger partial charge in [0.05, 0.1) is 26.4 Å². The van der Waals surface area contributed by atoms with Crippen molar-refractivity contribution in [2.24, 2.45) is 0 Å². The Hall–Kier alpha value is -2.73. The molecule has 6 nitrogen and oxygen atoms in total. The summed E-state index contributed by atoms with van der Waals surface area (Å²) in [4.78, 5) is 10.7. The van der Waals surface area contributed by atoms with E-state index < -0.39 is 0 Å². The van der Waals surface area contributed by atoms with Gasteiger partial charge < -0.3 is 24.3 Å². The van der Waals surface area contributed by atoms with E-state index in [-0.39, 0.29) is 6.10 Å². The van der Waals surface area contributed by atoms with Crippen LogP contribution in [0.25, 0.3) is 0 Å². The second kappa shape index (κ2) is 13.1. The van der Waals surface area contributed by atoms with E-state index in [0.717, 1.165) is 37.2 Å². The highest BCUT2D eigenvalue weighted by Gasteiger charge is 2.19. The van der Waals surface area contributed by atoms with Crippen molar-refractivity contribution < 1.29 is 23.7 Å². The van der Waals surface area contributed by atoms with Crippen molar-refractivity contribution in [2.75, 3.05) is 21.3 Å². The smallest absolute Gasteiger partial charge is 0.162 e. The molecule has 0 bridgehead atoms. The fourth-order valence-corrected chi connectivity index (χ4v) is 4.36. The molecule has 4 rings (SSSR count). The number of rotatable bonds is 9. The van der Waals surface area contributed by atoms with Crippen LogP contribution in [0.3, 0.4) is 0 Å². The van der Waals surface area contributed by atoms with Gasteiger partial charge in [0.2, 0.25) is 0 Å². The van der Waals surface area contributed by atoms with Crippen molar-refractivity contribution >= 4 is 6.29 Å². The predicted molar refractivity (Wildman–Crippen MR) is 130 cm³/mol. The molecule has 0 heterocycles. The first-order valence-electron chi connectivity index (χ1n) is 11.9. The number of nitrogens with one attached hydrogen (secondary N) is 1. The van der Waals surface area contributed by atoms with E-state index in [1.165, 1.54) is 44.1 Å². The first-order valence-corrected chi connectivity index (χ1v) is 11.9. The number of hydrogen-bond acceptors (Lipinski definition) is 6. The van der Waals surface area contributed by atoms with Gasteiger partial charge >= 0.3 is 0 Å². The molecule has 0 atom stereocenters. The highest BCUT2D eigenvalue weighted by atomic mass is 16.5. The van der Waals surface area contributed by atoms with Gasteiger partial charge in [-0.15, -0.1) is 0 Å². The van der Waals surface area contributed by atoms with E-state index in [4.69, 9.17) is 18.9 Å². The zero-order valence-electron chi connectivity index (χ0n) is 20.1. The summed E-state index contributed by atoms with van der Waals surface area (Å²) in [5, 5.41) is 3.15. The summed E-state index contributed by atoms with van der Waals surface area (Å²) in [6, 6.07) is 11.4. The molecule has 2 aromatic carbocycles. The second-order valence-electron chi connectivity index (χ2n) is 8.59. The molecule has 2 aliphatic carbocycles. The highest BCUT2D eigenvalue weighted by molar-refractivity contribution is 5.76.